The Morgan fingerprint density at radius 2 is 1.69 bits per heavy atom. The number of nitro benzene ring substituents is 1. The van der Waals surface area contributed by atoms with Gasteiger partial charge in [-0.25, -0.2) is 4.79 Å². The molecule has 1 atom stereocenters. The number of Topliss-reactive ketones (excluding diaryl/α,β-unsaturated/α-hetero) is 1. The number of nitrogens with one attached hydrogen (secondary N) is 1. The quantitative estimate of drug-likeness (QED) is 0.153. The average molecular weight is 462 g/mol. The molecular weight excluding hydrogens is 447 g/mol. The topological polar surface area (TPSA) is 108 Å². The number of hydrogen-bond acceptors (Lipinski definition) is 7. The first kappa shape index (κ1) is 22.9. The Balaban J connectivity index is 2.01. The fourth-order valence-electron chi connectivity index (χ4n) is 2.14. The van der Waals surface area contributed by atoms with Gasteiger partial charge in [0.25, 0.3) is 5.69 Å². The van der Waals surface area contributed by atoms with Crippen molar-refractivity contribution < 1.29 is 24.0 Å². The summed E-state index contributed by atoms with van der Waals surface area (Å²) in [7, 11) is 0. The van der Waals surface area contributed by atoms with Crippen LogP contribution in [0.25, 0.3) is 0 Å². The maximum absolute atomic E-state index is 12.1. The first-order valence-electron chi connectivity index (χ1n) is 8.15. The summed E-state index contributed by atoms with van der Waals surface area (Å²) in [5, 5.41) is 13.5. The van der Waals surface area contributed by atoms with Crippen LogP contribution in [0.1, 0.15) is 12.0 Å². The summed E-state index contributed by atoms with van der Waals surface area (Å²) < 4.78 is 7.91. The molecule has 0 radical (unpaired) electrons. The van der Waals surface area contributed by atoms with E-state index in [1.165, 1.54) is 24.3 Å². The molecule has 2 aromatic rings. The number of ketones is 1. The van der Waals surface area contributed by atoms with Crippen LogP contribution in [0.2, 0.25) is 0 Å². The molecule has 0 amide bonds. The number of benzene rings is 2. The zero-order chi connectivity index (χ0) is 21.4. The number of carbonyl (C=O) groups is 2. The Bertz CT molecular complexity index is 856. The van der Waals surface area contributed by atoms with Gasteiger partial charge in [-0.2, -0.15) is 0 Å². The van der Waals surface area contributed by atoms with Crippen molar-refractivity contribution in [2.45, 2.75) is 23.0 Å². The molecular formula is C18H15Cl3N2O6. The lowest BCUT2D eigenvalue weighted by atomic mass is 10.2. The zero-order valence-corrected chi connectivity index (χ0v) is 17.0. The van der Waals surface area contributed by atoms with Crippen LogP contribution < -0.4 is 10.1 Å². The standard InChI is InChI=1S/C18H15Cl3N2O6/c19-18(20,21)15(24)10-16(22-11-12-4-2-1-3-5-12)29-17(25)28-14-8-6-13(7-9-14)23(26)27/h1-9,16,22H,10-11H2. The number of nitro groups is 1. The van der Waals surface area contributed by atoms with E-state index in [0.717, 1.165) is 5.56 Å². The smallest absolute Gasteiger partial charge is 0.414 e. The number of hydrogen-bond donors (Lipinski definition) is 1. The van der Waals surface area contributed by atoms with Crippen molar-refractivity contribution in [1.82, 2.24) is 5.32 Å². The van der Waals surface area contributed by atoms with E-state index in [4.69, 9.17) is 44.3 Å². The van der Waals surface area contributed by atoms with Crippen LogP contribution >= 0.6 is 34.8 Å². The highest BCUT2D eigenvalue weighted by atomic mass is 35.6. The van der Waals surface area contributed by atoms with Crippen LogP contribution in [-0.2, 0) is 16.1 Å². The van der Waals surface area contributed by atoms with Gasteiger partial charge < -0.3 is 9.47 Å². The van der Waals surface area contributed by atoms with Gasteiger partial charge >= 0.3 is 6.16 Å². The lowest BCUT2D eigenvalue weighted by molar-refractivity contribution is -0.384. The van der Waals surface area contributed by atoms with E-state index in [1.54, 1.807) is 0 Å². The zero-order valence-electron chi connectivity index (χ0n) is 14.7. The summed E-state index contributed by atoms with van der Waals surface area (Å²) >= 11 is 16.7. The van der Waals surface area contributed by atoms with Crippen molar-refractivity contribution in [1.29, 1.82) is 0 Å². The highest BCUT2D eigenvalue weighted by Gasteiger charge is 2.33. The van der Waals surface area contributed by atoms with Crippen LogP contribution in [0.4, 0.5) is 10.5 Å². The van der Waals surface area contributed by atoms with E-state index in [9.17, 15) is 19.7 Å². The Morgan fingerprint density at radius 3 is 2.24 bits per heavy atom. The number of alkyl halides is 3. The van der Waals surface area contributed by atoms with Gasteiger partial charge in [-0.3, -0.25) is 20.2 Å². The van der Waals surface area contributed by atoms with E-state index in [2.05, 4.69) is 5.32 Å². The summed E-state index contributed by atoms with van der Waals surface area (Å²) in [5.41, 5.74) is 0.701. The number of rotatable bonds is 8. The van der Waals surface area contributed by atoms with E-state index >= 15 is 0 Å². The van der Waals surface area contributed by atoms with Crippen molar-refractivity contribution in [3.8, 4) is 5.75 Å². The molecule has 0 heterocycles. The number of carbonyl (C=O) groups excluding carboxylic acids is 2. The minimum Gasteiger partial charge on any atom is -0.414 e. The first-order chi connectivity index (χ1) is 13.6. The van der Waals surface area contributed by atoms with Crippen LogP contribution in [0.5, 0.6) is 5.75 Å². The first-order valence-corrected chi connectivity index (χ1v) is 9.29. The molecule has 2 aromatic carbocycles. The molecule has 11 heteroatoms. The van der Waals surface area contributed by atoms with Crippen molar-refractivity contribution in [3.63, 3.8) is 0 Å². The van der Waals surface area contributed by atoms with Crippen molar-refractivity contribution in [2.24, 2.45) is 0 Å². The largest absolute Gasteiger partial charge is 0.515 e. The number of halogens is 3. The van der Waals surface area contributed by atoms with Crippen LogP contribution in [0, 0.1) is 10.1 Å². The molecule has 0 aliphatic heterocycles. The Kier molecular flexibility index (Phi) is 8.21. The molecule has 154 valence electrons. The molecule has 29 heavy (non-hydrogen) atoms. The fraction of sp³-hybridized carbons (Fsp3) is 0.222. The second kappa shape index (κ2) is 10.4. The van der Waals surface area contributed by atoms with E-state index < -0.39 is 33.3 Å². The summed E-state index contributed by atoms with van der Waals surface area (Å²) in [5.74, 6) is -0.758. The Labute approximate surface area is 180 Å². The van der Waals surface area contributed by atoms with Crippen LogP contribution in [-0.4, -0.2) is 26.9 Å². The predicted molar refractivity (Wildman–Crippen MR) is 107 cm³/mol. The van der Waals surface area contributed by atoms with Gasteiger partial charge in [0.1, 0.15) is 5.75 Å². The number of ether oxygens (including phenoxy) is 2. The summed E-state index contributed by atoms with van der Waals surface area (Å²) in [6.07, 6.45) is -2.69. The van der Waals surface area contributed by atoms with Crippen LogP contribution in [0.15, 0.2) is 54.6 Å². The highest BCUT2D eigenvalue weighted by Crippen LogP contribution is 2.29. The molecule has 0 bridgehead atoms. The maximum Gasteiger partial charge on any atom is 0.515 e. The average Bonchev–Trinajstić information content (AvgIpc) is 2.66. The molecule has 1 N–H and O–H groups in total. The SMILES string of the molecule is O=C(Oc1ccc([N+](=O)[O-])cc1)OC(CC(=O)C(Cl)(Cl)Cl)NCc1ccccc1. The molecule has 0 spiro atoms. The molecule has 2 rings (SSSR count). The third kappa shape index (κ3) is 7.86. The molecule has 0 aliphatic rings. The summed E-state index contributed by atoms with van der Waals surface area (Å²) in [6, 6.07) is 13.9. The predicted octanol–water partition coefficient (Wildman–Crippen LogP) is 4.56. The van der Waals surface area contributed by atoms with Gasteiger partial charge in [-0.05, 0) is 17.7 Å². The monoisotopic (exact) mass is 460 g/mol. The van der Waals surface area contributed by atoms with E-state index in [0.29, 0.717) is 0 Å². The Morgan fingerprint density at radius 1 is 1.07 bits per heavy atom. The lowest BCUT2D eigenvalue weighted by Crippen LogP contribution is -2.38. The van der Waals surface area contributed by atoms with Gasteiger partial charge in [-0.15, -0.1) is 0 Å². The second-order valence-electron chi connectivity index (χ2n) is 5.70. The third-order valence-electron chi connectivity index (χ3n) is 3.55. The maximum atomic E-state index is 12.1. The molecule has 8 nitrogen and oxygen atoms in total. The fourth-order valence-corrected chi connectivity index (χ4v) is 2.37. The lowest BCUT2D eigenvalue weighted by Gasteiger charge is -2.20. The number of nitrogens with zero attached hydrogens (tertiary/aromatic N) is 1. The van der Waals surface area contributed by atoms with Gasteiger partial charge in [0.15, 0.2) is 12.0 Å². The molecule has 0 saturated heterocycles. The van der Waals surface area contributed by atoms with Crippen LogP contribution in [0.3, 0.4) is 0 Å². The Hall–Kier alpha value is -2.39. The minimum atomic E-state index is -2.17. The summed E-state index contributed by atoms with van der Waals surface area (Å²) in [6.45, 7) is 0.267. The van der Waals surface area contributed by atoms with Gasteiger partial charge in [0.05, 0.1) is 11.3 Å². The molecule has 0 aliphatic carbocycles. The molecule has 0 fully saturated rings. The van der Waals surface area contributed by atoms with Crippen molar-refractivity contribution in [2.75, 3.05) is 0 Å². The van der Waals surface area contributed by atoms with Crippen molar-refractivity contribution >= 4 is 52.4 Å². The number of non-ortho nitro benzene ring substituents is 1. The van der Waals surface area contributed by atoms with Crippen molar-refractivity contribution in [3.05, 3.63) is 70.3 Å². The van der Waals surface area contributed by atoms with E-state index in [-0.39, 0.29) is 18.0 Å². The van der Waals surface area contributed by atoms with Gasteiger partial charge in [0, 0.05) is 18.7 Å². The molecule has 1 unspecified atom stereocenters. The molecule has 0 aromatic heterocycles. The van der Waals surface area contributed by atoms with Gasteiger partial charge in [-0.1, -0.05) is 65.1 Å². The van der Waals surface area contributed by atoms with E-state index in [1.807, 2.05) is 30.3 Å². The van der Waals surface area contributed by atoms with Gasteiger partial charge in [0.2, 0.25) is 3.79 Å². The third-order valence-corrected chi connectivity index (χ3v) is 4.18. The normalized spacial score (nSPS) is 12.1. The second-order valence-corrected chi connectivity index (χ2v) is 7.98. The minimum absolute atomic E-state index is 0.0233. The summed E-state index contributed by atoms with van der Waals surface area (Å²) in [4.78, 5) is 34.1. The highest BCUT2D eigenvalue weighted by molar-refractivity contribution is 6.76. The molecule has 0 saturated carbocycles.